The summed E-state index contributed by atoms with van der Waals surface area (Å²) >= 11 is 0. The van der Waals surface area contributed by atoms with Gasteiger partial charge in [-0.05, 0) is 6.07 Å². The molecule has 0 bridgehead atoms. The van der Waals surface area contributed by atoms with Crippen molar-refractivity contribution in [3.05, 3.63) is 33.2 Å². The molecule has 0 radical (unpaired) electrons. The molecule has 0 aliphatic heterocycles. The molecule has 0 atom stereocenters. The van der Waals surface area contributed by atoms with Crippen LogP contribution in [0.1, 0.15) is 37.6 Å². The van der Waals surface area contributed by atoms with Gasteiger partial charge in [0.25, 0.3) is 5.56 Å². The molecule has 0 saturated heterocycles. The number of aliphatic carboxylic acids is 1. The molecule has 4 N–H and O–H groups in total. The average molecular weight is 297 g/mol. The number of pyridine rings is 1. The number of rotatable bonds is 6. The van der Waals surface area contributed by atoms with E-state index in [0.717, 1.165) is 0 Å². The van der Waals surface area contributed by atoms with Crippen molar-refractivity contribution in [2.75, 3.05) is 0 Å². The highest BCUT2D eigenvalue weighted by molar-refractivity contribution is 6.37. The zero-order chi connectivity index (χ0) is 16.3. The fourth-order valence-electron chi connectivity index (χ4n) is 1.39. The van der Waals surface area contributed by atoms with Gasteiger partial charge in [0.05, 0.1) is 17.5 Å². The maximum atomic E-state index is 11.6. The zero-order valence-corrected chi connectivity index (χ0v) is 10.1. The number of carboxylic acid groups (broad SMARTS) is 3. The molecule has 21 heavy (non-hydrogen) atoms. The van der Waals surface area contributed by atoms with E-state index in [-0.39, 0.29) is 0 Å². The second-order valence-corrected chi connectivity index (χ2v) is 3.74. The number of nitrogens with one attached hydrogen (secondary N) is 1. The third kappa shape index (κ3) is 3.37. The van der Waals surface area contributed by atoms with Gasteiger partial charge >= 0.3 is 17.9 Å². The molecule has 1 rings (SSSR count). The Morgan fingerprint density at radius 2 is 1.52 bits per heavy atom. The summed E-state index contributed by atoms with van der Waals surface area (Å²) in [7, 11) is 0. The van der Waals surface area contributed by atoms with E-state index >= 15 is 0 Å². The fourth-order valence-corrected chi connectivity index (χ4v) is 1.39. The number of aromatic amines is 1. The van der Waals surface area contributed by atoms with Gasteiger partial charge in [0.15, 0.2) is 5.78 Å². The van der Waals surface area contributed by atoms with Crippen molar-refractivity contribution in [3.63, 3.8) is 0 Å². The SMILES string of the molecule is O=C(O)C(=O)CC(=O)c1cc(C(=O)O)c(C(=O)O)[nH]c1=O. The molecule has 10 nitrogen and oxygen atoms in total. The predicted octanol–water partition coefficient (Wildman–Crippen LogP) is -1.00. The number of carbonyl (C=O) groups excluding carboxylic acids is 2. The van der Waals surface area contributed by atoms with E-state index in [1.165, 1.54) is 0 Å². The van der Waals surface area contributed by atoms with E-state index in [2.05, 4.69) is 0 Å². The van der Waals surface area contributed by atoms with Gasteiger partial charge in [-0.1, -0.05) is 0 Å². The van der Waals surface area contributed by atoms with E-state index in [4.69, 9.17) is 15.3 Å². The minimum absolute atomic E-state index is 0.488. The Labute approximate surface area is 114 Å². The van der Waals surface area contributed by atoms with Crippen molar-refractivity contribution in [1.82, 2.24) is 4.98 Å². The summed E-state index contributed by atoms with van der Waals surface area (Å²) < 4.78 is 0. The van der Waals surface area contributed by atoms with Gasteiger partial charge in [-0.15, -0.1) is 0 Å². The van der Waals surface area contributed by atoms with Crippen molar-refractivity contribution >= 4 is 29.5 Å². The lowest BCUT2D eigenvalue weighted by Crippen LogP contribution is -2.26. The molecule has 0 aliphatic carbocycles. The van der Waals surface area contributed by atoms with Crippen molar-refractivity contribution in [1.29, 1.82) is 0 Å². The maximum absolute atomic E-state index is 11.6. The molecule has 1 heterocycles. The number of hydrogen-bond donors (Lipinski definition) is 4. The van der Waals surface area contributed by atoms with Crippen LogP contribution in [0.4, 0.5) is 0 Å². The molecule has 110 valence electrons. The number of aromatic carboxylic acids is 2. The molecule has 1 aromatic heterocycles. The van der Waals surface area contributed by atoms with Crippen molar-refractivity contribution in [2.24, 2.45) is 0 Å². The number of carboxylic acids is 3. The highest BCUT2D eigenvalue weighted by Crippen LogP contribution is 2.08. The van der Waals surface area contributed by atoms with Crippen LogP contribution >= 0.6 is 0 Å². The number of Topliss-reactive ketones (excluding diaryl/α,β-unsaturated/α-hetero) is 2. The summed E-state index contributed by atoms with van der Waals surface area (Å²) in [6.07, 6.45) is -1.15. The summed E-state index contributed by atoms with van der Waals surface area (Å²) in [6, 6.07) is 0.488. The Morgan fingerprint density at radius 3 is 1.95 bits per heavy atom. The largest absolute Gasteiger partial charge is 0.478 e. The zero-order valence-electron chi connectivity index (χ0n) is 10.1. The first kappa shape index (κ1) is 15.8. The van der Waals surface area contributed by atoms with Gasteiger partial charge in [0, 0.05) is 0 Å². The summed E-state index contributed by atoms with van der Waals surface area (Å²) in [6.45, 7) is 0. The van der Waals surface area contributed by atoms with Crippen molar-refractivity contribution < 1.29 is 39.3 Å². The van der Waals surface area contributed by atoms with Crippen LogP contribution in [0.2, 0.25) is 0 Å². The van der Waals surface area contributed by atoms with E-state index in [0.29, 0.717) is 6.07 Å². The fraction of sp³-hybridized carbons (Fsp3) is 0.0909. The lowest BCUT2D eigenvalue weighted by atomic mass is 10.0. The van der Waals surface area contributed by atoms with Gasteiger partial charge in [0.1, 0.15) is 5.69 Å². The number of H-pyrrole nitrogens is 1. The van der Waals surface area contributed by atoms with E-state index < -0.39 is 58.3 Å². The number of aromatic nitrogens is 1. The van der Waals surface area contributed by atoms with Crippen LogP contribution < -0.4 is 5.56 Å². The number of hydrogen-bond acceptors (Lipinski definition) is 6. The Balaban J connectivity index is 3.36. The summed E-state index contributed by atoms with van der Waals surface area (Å²) in [5, 5.41) is 25.9. The molecule has 10 heteroatoms. The third-order valence-electron chi connectivity index (χ3n) is 2.35. The molecule has 0 spiro atoms. The Kier molecular flexibility index (Phi) is 4.33. The smallest absolute Gasteiger partial charge is 0.372 e. The monoisotopic (exact) mass is 297 g/mol. The number of carbonyl (C=O) groups is 5. The highest BCUT2D eigenvalue weighted by atomic mass is 16.4. The Hall–Kier alpha value is -3.30. The molecule has 1 aromatic rings. The predicted molar refractivity (Wildman–Crippen MR) is 62.6 cm³/mol. The van der Waals surface area contributed by atoms with Crippen LogP contribution in [-0.4, -0.2) is 49.8 Å². The topological polar surface area (TPSA) is 179 Å². The van der Waals surface area contributed by atoms with Gasteiger partial charge in [-0.25, -0.2) is 14.4 Å². The molecular formula is C11H7NO9. The van der Waals surface area contributed by atoms with Gasteiger partial charge in [-0.3, -0.25) is 14.4 Å². The standard InChI is InChI=1S/C11H7NO9/c13-5(2-6(14)10(18)19)3-1-4(9(16)17)7(11(20)21)12-8(3)15/h1H,2H2,(H,12,15)(H,16,17)(H,18,19)(H,20,21). The third-order valence-corrected chi connectivity index (χ3v) is 2.35. The lowest BCUT2D eigenvalue weighted by molar-refractivity contribution is -0.148. The maximum Gasteiger partial charge on any atom is 0.372 e. The minimum Gasteiger partial charge on any atom is -0.478 e. The molecule has 0 fully saturated rings. The lowest BCUT2D eigenvalue weighted by Gasteiger charge is -2.04. The second kappa shape index (κ2) is 5.77. The molecule has 0 aliphatic rings. The minimum atomic E-state index is -1.89. The summed E-state index contributed by atoms with van der Waals surface area (Å²) in [4.78, 5) is 67.7. The molecule has 0 saturated carbocycles. The van der Waals surface area contributed by atoms with Gasteiger partial charge in [0.2, 0.25) is 5.78 Å². The Morgan fingerprint density at radius 1 is 0.952 bits per heavy atom. The molecular weight excluding hydrogens is 290 g/mol. The Bertz CT molecular complexity index is 728. The number of ketones is 2. The first-order valence-electron chi connectivity index (χ1n) is 5.18. The van der Waals surface area contributed by atoms with Gasteiger partial charge in [-0.2, -0.15) is 0 Å². The van der Waals surface area contributed by atoms with Gasteiger partial charge < -0.3 is 20.3 Å². The highest BCUT2D eigenvalue weighted by Gasteiger charge is 2.24. The van der Waals surface area contributed by atoms with Crippen LogP contribution in [0.5, 0.6) is 0 Å². The average Bonchev–Trinajstić information content (AvgIpc) is 2.37. The van der Waals surface area contributed by atoms with Crippen molar-refractivity contribution in [3.8, 4) is 0 Å². The van der Waals surface area contributed by atoms with Crippen LogP contribution in [0, 0.1) is 0 Å². The first-order chi connectivity index (χ1) is 9.65. The molecule has 0 aromatic carbocycles. The first-order valence-corrected chi connectivity index (χ1v) is 5.18. The van der Waals surface area contributed by atoms with E-state index in [1.807, 2.05) is 0 Å². The van der Waals surface area contributed by atoms with Crippen LogP contribution in [-0.2, 0) is 9.59 Å². The van der Waals surface area contributed by atoms with E-state index in [1.54, 1.807) is 4.98 Å². The summed E-state index contributed by atoms with van der Waals surface area (Å²) in [5.74, 6) is -8.06. The molecule has 0 amide bonds. The van der Waals surface area contributed by atoms with Crippen molar-refractivity contribution in [2.45, 2.75) is 6.42 Å². The van der Waals surface area contributed by atoms with E-state index in [9.17, 15) is 28.8 Å². The van der Waals surface area contributed by atoms with Crippen LogP contribution in [0.3, 0.4) is 0 Å². The molecule has 0 unspecified atom stereocenters. The van der Waals surface area contributed by atoms with Crippen LogP contribution in [0.15, 0.2) is 10.9 Å². The summed E-state index contributed by atoms with van der Waals surface area (Å²) in [5.41, 5.74) is -3.85. The normalized spacial score (nSPS) is 9.90. The second-order valence-electron chi connectivity index (χ2n) is 3.74. The van der Waals surface area contributed by atoms with Crippen LogP contribution in [0.25, 0.3) is 0 Å². The quantitative estimate of drug-likeness (QED) is 0.291.